The van der Waals surface area contributed by atoms with Gasteiger partial charge in [0.25, 0.3) is 0 Å². The first-order valence-electron chi connectivity index (χ1n) is 5.44. The first kappa shape index (κ1) is 13.1. The van der Waals surface area contributed by atoms with Crippen molar-refractivity contribution in [2.24, 2.45) is 0 Å². The van der Waals surface area contributed by atoms with Gasteiger partial charge in [-0.15, -0.1) is 11.3 Å². The third kappa shape index (κ3) is 2.42. The molecule has 0 amide bonds. The predicted octanol–water partition coefficient (Wildman–Crippen LogP) is 2.90. The van der Waals surface area contributed by atoms with E-state index in [0.29, 0.717) is 11.3 Å². The highest BCUT2D eigenvalue weighted by Gasteiger charge is 2.39. The monoisotopic (exact) mass is 279 g/mol. The van der Waals surface area contributed by atoms with E-state index < -0.39 is 10.7 Å². The Morgan fingerprint density at radius 1 is 1.44 bits per heavy atom. The van der Waals surface area contributed by atoms with Crippen molar-refractivity contribution in [2.45, 2.75) is 18.1 Å². The van der Waals surface area contributed by atoms with Gasteiger partial charge in [-0.1, -0.05) is 30.3 Å². The summed E-state index contributed by atoms with van der Waals surface area (Å²) in [5.41, 5.74) is 3.33. The summed E-state index contributed by atoms with van der Waals surface area (Å²) >= 11 is 5.76. The van der Waals surface area contributed by atoms with E-state index in [0.717, 1.165) is 11.3 Å². The zero-order chi connectivity index (χ0) is 13.2. The topological polar surface area (TPSA) is 50.2 Å². The average molecular weight is 279 g/mol. The molecule has 0 aliphatic rings. The highest BCUT2D eigenvalue weighted by molar-refractivity contribution is 7.82. The van der Waals surface area contributed by atoms with Gasteiger partial charge in [0.1, 0.15) is 0 Å². The number of benzene rings is 1. The molecule has 0 radical (unpaired) electrons. The molecule has 0 bridgehead atoms. The number of nitrogens with zero attached hydrogens (tertiary/aromatic N) is 1. The van der Waals surface area contributed by atoms with Crippen molar-refractivity contribution < 1.29 is 9.90 Å². The van der Waals surface area contributed by atoms with Gasteiger partial charge in [-0.2, -0.15) is 12.6 Å². The summed E-state index contributed by atoms with van der Waals surface area (Å²) in [5.74, 6) is -0.943. The normalized spacial score (nSPS) is 14.1. The van der Waals surface area contributed by atoms with E-state index in [2.05, 4.69) is 17.6 Å². The molecule has 0 spiro atoms. The standard InChI is InChI=1S/C13H13NO2S2/c1-9-11(18-8-14-9)13(17,12(15)16)7-10-5-3-2-4-6-10/h2-6,8,17H,7H2,1H3,(H,15,16). The van der Waals surface area contributed by atoms with Crippen LogP contribution in [0.4, 0.5) is 0 Å². The van der Waals surface area contributed by atoms with E-state index in [-0.39, 0.29) is 0 Å². The Morgan fingerprint density at radius 2 is 2.11 bits per heavy atom. The molecule has 1 heterocycles. The van der Waals surface area contributed by atoms with Crippen LogP contribution < -0.4 is 0 Å². The molecule has 3 nitrogen and oxygen atoms in total. The number of aromatic nitrogens is 1. The molecule has 1 unspecified atom stereocenters. The van der Waals surface area contributed by atoms with Crippen molar-refractivity contribution in [1.29, 1.82) is 0 Å². The smallest absolute Gasteiger partial charge is 0.325 e. The minimum atomic E-state index is -1.22. The van der Waals surface area contributed by atoms with Gasteiger partial charge in [-0.05, 0) is 12.5 Å². The second-order valence-electron chi connectivity index (χ2n) is 4.09. The molecule has 2 rings (SSSR count). The van der Waals surface area contributed by atoms with Crippen LogP contribution in [0.5, 0.6) is 0 Å². The maximum absolute atomic E-state index is 11.6. The largest absolute Gasteiger partial charge is 0.480 e. The first-order chi connectivity index (χ1) is 8.54. The van der Waals surface area contributed by atoms with Crippen molar-refractivity contribution in [3.63, 3.8) is 0 Å². The molecule has 5 heteroatoms. The van der Waals surface area contributed by atoms with Crippen molar-refractivity contribution in [2.75, 3.05) is 0 Å². The predicted molar refractivity (Wildman–Crippen MR) is 75.3 cm³/mol. The number of aliphatic carboxylic acids is 1. The molecule has 0 aliphatic carbocycles. The summed E-state index contributed by atoms with van der Waals surface area (Å²) in [6.07, 6.45) is 0.343. The molecule has 0 aliphatic heterocycles. The van der Waals surface area contributed by atoms with Gasteiger partial charge in [0.15, 0.2) is 4.75 Å². The Labute approximate surface area is 115 Å². The molecule has 0 saturated heterocycles. The molecule has 0 saturated carbocycles. The molecule has 1 atom stereocenters. The number of carboxylic acids is 1. The minimum absolute atomic E-state index is 0.343. The Balaban J connectivity index is 2.40. The van der Waals surface area contributed by atoms with E-state index in [4.69, 9.17) is 0 Å². The number of hydrogen-bond donors (Lipinski definition) is 2. The van der Waals surface area contributed by atoms with E-state index in [1.54, 1.807) is 5.51 Å². The summed E-state index contributed by atoms with van der Waals surface area (Å²) in [7, 11) is 0. The van der Waals surface area contributed by atoms with E-state index in [1.165, 1.54) is 11.3 Å². The molecule has 1 aromatic carbocycles. The number of carboxylic acid groups (broad SMARTS) is 1. The fraction of sp³-hybridized carbons (Fsp3) is 0.231. The van der Waals surface area contributed by atoms with Crippen LogP contribution >= 0.6 is 24.0 Å². The SMILES string of the molecule is Cc1ncsc1C(S)(Cc1ccccc1)C(=O)O. The average Bonchev–Trinajstić information content (AvgIpc) is 2.77. The van der Waals surface area contributed by atoms with Gasteiger partial charge in [-0.3, -0.25) is 4.79 Å². The lowest BCUT2D eigenvalue weighted by molar-refractivity contribution is -0.140. The fourth-order valence-electron chi connectivity index (χ4n) is 1.84. The summed E-state index contributed by atoms with van der Waals surface area (Å²) in [6, 6.07) is 9.51. The molecule has 2 aromatic rings. The van der Waals surface area contributed by atoms with Crippen LogP contribution in [0.1, 0.15) is 16.1 Å². The fourth-order valence-corrected chi connectivity index (χ4v) is 3.24. The third-order valence-electron chi connectivity index (χ3n) is 2.78. The minimum Gasteiger partial charge on any atom is -0.480 e. The van der Waals surface area contributed by atoms with Crippen LogP contribution in [0.3, 0.4) is 0 Å². The van der Waals surface area contributed by atoms with Crippen LogP contribution in [-0.4, -0.2) is 16.1 Å². The lowest BCUT2D eigenvalue weighted by atomic mass is 9.96. The maximum Gasteiger partial charge on any atom is 0.325 e. The van der Waals surface area contributed by atoms with Crippen LogP contribution in [0, 0.1) is 6.92 Å². The third-order valence-corrected chi connectivity index (χ3v) is 4.59. The van der Waals surface area contributed by atoms with Crippen LogP contribution in [0.2, 0.25) is 0 Å². The van der Waals surface area contributed by atoms with Gasteiger partial charge < -0.3 is 5.11 Å². The number of thiol groups is 1. The van der Waals surface area contributed by atoms with E-state index in [1.807, 2.05) is 37.3 Å². The molecule has 18 heavy (non-hydrogen) atoms. The summed E-state index contributed by atoms with van der Waals surface area (Å²) < 4.78 is -1.22. The second kappa shape index (κ2) is 5.12. The molecular weight excluding hydrogens is 266 g/mol. The molecular formula is C13H13NO2S2. The van der Waals surface area contributed by atoms with E-state index >= 15 is 0 Å². The van der Waals surface area contributed by atoms with Crippen molar-refractivity contribution in [3.8, 4) is 0 Å². The number of aryl methyl sites for hydroxylation is 1. The summed E-state index contributed by atoms with van der Waals surface area (Å²) in [4.78, 5) is 16.4. The maximum atomic E-state index is 11.6. The Bertz CT molecular complexity index is 553. The van der Waals surface area contributed by atoms with Crippen molar-refractivity contribution in [1.82, 2.24) is 4.98 Å². The Morgan fingerprint density at radius 3 is 2.61 bits per heavy atom. The second-order valence-corrected chi connectivity index (χ2v) is 5.71. The zero-order valence-electron chi connectivity index (χ0n) is 9.83. The molecule has 94 valence electrons. The number of rotatable bonds is 4. The van der Waals surface area contributed by atoms with Crippen LogP contribution in [0.15, 0.2) is 35.8 Å². The van der Waals surface area contributed by atoms with Crippen molar-refractivity contribution in [3.05, 3.63) is 52.0 Å². The van der Waals surface area contributed by atoms with Crippen LogP contribution in [0.25, 0.3) is 0 Å². The Kier molecular flexibility index (Phi) is 3.73. The number of thiazole rings is 1. The van der Waals surface area contributed by atoms with Gasteiger partial charge >= 0.3 is 5.97 Å². The highest BCUT2D eigenvalue weighted by atomic mass is 32.1. The lowest BCUT2D eigenvalue weighted by Crippen LogP contribution is -2.32. The zero-order valence-corrected chi connectivity index (χ0v) is 11.5. The first-order valence-corrected chi connectivity index (χ1v) is 6.77. The summed E-state index contributed by atoms with van der Waals surface area (Å²) in [5, 5.41) is 9.49. The van der Waals surface area contributed by atoms with E-state index in [9.17, 15) is 9.90 Å². The number of hydrogen-bond acceptors (Lipinski definition) is 4. The van der Waals surface area contributed by atoms with Gasteiger partial charge in [0.05, 0.1) is 16.1 Å². The molecule has 1 aromatic heterocycles. The summed E-state index contributed by atoms with van der Waals surface area (Å²) in [6.45, 7) is 1.81. The van der Waals surface area contributed by atoms with Crippen LogP contribution in [-0.2, 0) is 16.0 Å². The molecule has 1 N–H and O–H groups in total. The lowest BCUT2D eigenvalue weighted by Gasteiger charge is -2.23. The number of carbonyl (C=O) groups is 1. The Hall–Kier alpha value is -1.33. The molecule has 0 fully saturated rings. The van der Waals surface area contributed by atoms with Gasteiger partial charge in [0.2, 0.25) is 0 Å². The quantitative estimate of drug-likeness (QED) is 0.846. The van der Waals surface area contributed by atoms with Crippen molar-refractivity contribution >= 4 is 29.9 Å². The highest BCUT2D eigenvalue weighted by Crippen LogP contribution is 2.37. The van der Waals surface area contributed by atoms with Gasteiger partial charge in [-0.25, -0.2) is 4.98 Å². The van der Waals surface area contributed by atoms with Gasteiger partial charge in [0, 0.05) is 6.42 Å².